The molecule has 2 nitrogen and oxygen atoms in total. The van der Waals surface area contributed by atoms with Crippen LogP contribution in [0.5, 0.6) is 11.5 Å². The van der Waals surface area contributed by atoms with Crippen molar-refractivity contribution in [2.75, 3.05) is 0 Å². The second kappa shape index (κ2) is 6.27. The van der Waals surface area contributed by atoms with Crippen molar-refractivity contribution in [3.8, 4) is 11.5 Å². The van der Waals surface area contributed by atoms with Crippen molar-refractivity contribution < 1.29 is 10.2 Å². The molecule has 0 aliphatic carbocycles. The summed E-state index contributed by atoms with van der Waals surface area (Å²) in [5, 5.41) is 19.6. The van der Waals surface area contributed by atoms with Crippen LogP contribution in [0.25, 0.3) is 0 Å². The Morgan fingerprint density at radius 3 is 1.78 bits per heavy atom. The zero-order valence-corrected chi connectivity index (χ0v) is 14.9. The molecule has 0 saturated heterocycles. The van der Waals surface area contributed by atoms with E-state index in [1.54, 1.807) is 18.2 Å². The van der Waals surface area contributed by atoms with Crippen molar-refractivity contribution in [1.82, 2.24) is 0 Å². The number of phenols is 2. The maximum absolute atomic E-state index is 10.0. The number of hydrogen-bond acceptors (Lipinski definition) is 2. The van der Waals surface area contributed by atoms with Gasteiger partial charge in [-0.1, -0.05) is 52.8 Å². The fourth-order valence-corrected chi connectivity index (χ4v) is 3.24. The van der Waals surface area contributed by atoms with Gasteiger partial charge in [0, 0.05) is 5.41 Å². The summed E-state index contributed by atoms with van der Waals surface area (Å²) in [6, 6.07) is 13.1. The topological polar surface area (TPSA) is 40.5 Å². The van der Waals surface area contributed by atoms with Crippen LogP contribution in [0.4, 0.5) is 0 Å². The molecule has 0 saturated carbocycles. The van der Waals surface area contributed by atoms with Gasteiger partial charge in [-0.2, -0.15) is 0 Å². The Bertz CT molecular complexity index is 665. The maximum atomic E-state index is 10.0. The van der Waals surface area contributed by atoms with Gasteiger partial charge in [0.05, 0.1) is 0 Å². The van der Waals surface area contributed by atoms with E-state index in [1.807, 2.05) is 24.3 Å². The first kappa shape index (κ1) is 17.4. The van der Waals surface area contributed by atoms with Gasteiger partial charge in [-0.25, -0.2) is 0 Å². The first-order chi connectivity index (χ1) is 10.7. The molecule has 124 valence electrons. The molecule has 23 heavy (non-hydrogen) atoms. The summed E-state index contributed by atoms with van der Waals surface area (Å²) in [5.74, 6) is 0.598. The quantitative estimate of drug-likeness (QED) is 0.765. The van der Waals surface area contributed by atoms with E-state index < -0.39 is 0 Å². The van der Waals surface area contributed by atoms with Crippen molar-refractivity contribution in [3.63, 3.8) is 0 Å². The van der Waals surface area contributed by atoms with Gasteiger partial charge in [-0.05, 0) is 59.2 Å². The highest BCUT2D eigenvalue weighted by molar-refractivity contribution is 5.48. The first-order valence-electron chi connectivity index (χ1n) is 8.38. The third-order valence-corrected chi connectivity index (χ3v) is 5.48. The van der Waals surface area contributed by atoms with Crippen molar-refractivity contribution in [2.24, 2.45) is 0 Å². The van der Waals surface area contributed by atoms with Gasteiger partial charge >= 0.3 is 0 Å². The molecular formula is C21H28O2. The van der Waals surface area contributed by atoms with Crippen LogP contribution >= 0.6 is 0 Å². The summed E-state index contributed by atoms with van der Waals surface area (Å²) in [4.78, 5) is 0. The average molecular weight is 312 g/mol. The van der Waals surface area contributed by atoms with Crippen LogP contribution in [-0.4, -0.2) is 10.2 Å². The molecule has 0 atom stereocenters. The SMILES string of the molecule is CCC(C)(CC)c1cc(O)ccc1C(C)(C)c1ccc(O)cc1. The third kappa shape index (κ3) is 3.21. The number of benzene rings is 2. The van der Waals surface area contributed by atoms with Crippen LogP contribution in [0.1, 0.15) is 64.2 Å². The highest BCUT2D eigenvalue weighted by Gasteiger charge is 2.33. The number of aromatic hydroxyl groups is 2. The lowest BCUT2D eigenvalue weighted by atomic mass is 9.68. The van der Waals surface area contributed by atoms with E-state index in [0.717, 1.165) is 18.4 Å². The minimum atomic E-state index is -0.206. The van der Waals surface area contributed by atoms with Crippen LogP contribution in [0.15, 0.2) is 42.5 Å². The smallest absolute Gasteiger partial charge is 0.115 e. The van der Waals surface area contributed by atoms with Gasteiger partial charge in [-0.15, -0.1) is 0 Å². The Hall–Kier alpha value is -1.96. The Morgan fingerprint density at radius 1 is 0.739 bits per heavy atom. The molecule has 2 rings (SSSR count). The van der Waals surface area contributed by atoms with Crippen LogP contribution < -0.4 is 0 Å². The van der Waals surface area contributed by atoms with Gasteiger partial charge in [-0.3, -0.25) is 0 Å². The number of rotatable bonds is 5. The summed E-state index contributed by atoms with van der Waals surface area (Å²) in [7, 11) is 0. The molecule has 2 aromatic carbocycles. The van der Waals surface area contributed by atoms with E-state index in [4.69, 9.17) is 0 Å². The second-order valence-electron chi connectivity index (χ2n) is 7.17. The molecule has 0 aromatic heterocycles. The Labute approximate surface area is 139 Å². The van der Waals surface area contributed by atoms with Gasteiger partial charge in [0.25, 0.3) is 0 Å². The predicted octanol–water partition coefficient (Wildman–Crippen LogP) is 5.50. The Kier molecular flexibility index (Phi) is 4.74. The molecule has 0 aliphatic rings. The molecule has 2 aromatic rings. The number of phenolic OH excluding ortho intramolecular Hbond substituents is 2. The molecule has 2 N–H and O–H groups in total. The standard InChI is InChI=1S/C21H28O2/c1-6-21(5,7-2)19-14-17(23)12-13-18(19)20(3,4)15-8-10-16(22)11-9-15/h8-14,22-23H,6-7H2,1-5H3. The van der Waals surface area contributed by atoms with E-state index >= 15 is 0 Å². The fraction of sp³-hybridized carbons (Fsp3) is 0.429. The Balaban J connectivity index is 2.64. The fourth-order valence-electron chi connectivity index (χ4n) is 3.24. The summed E-state index contributed by atoms with van der Waals surface area (Å²) >= 11 is 0. The molecule has 0 heterocycles. The van der Waals surface area contributed by atoms with Crippen molar-refractivity contribution >= 4 is 0 Å². The van der Waals surface area contributed by atoms with Crippen molar-refractivity contribution in [3.05, 3.63) is 59.2 Å². The molecule has 0 radical (unpaired) electrons. The first-order valence-corrected chi connectivity index (χ1v) is 8.38. The normalized spacial score (nSPS) is 12.4. The van der Waals surface area contributed by atoms with Gasteiger partial charge in [0.1, 0.15) is 11.5 Å². The van der Waals surface area contributed by atoms with Crippen molar-refractivity contribution in [2.45, 2.75) is 58.3 Å². The molecule has 0 unspecified atom stereocenters. The molecular weight excluding hydrogens is 284 g/mol. The highest BCUT2D eigenvalue weighted by Crippen LogP contribution is 2.42. The minimum absolute atomic E-state index is 0.0300. The summed E-state index contributed by atoms with van der Waals surface area (Å²) < 4.78 is 0. The summed E-state index contributed by atoms with van der Waals surface area (Å²) in [6.07, 6.45) is 2.04. The lowest BCUT2D eigenvalue weighted by Crippen LogP contribution is -2.28. The second-order valence-corrected chi connectivity index (χ2v) is 7.17. The zero-order chi connectivity index (χ0) is 17.3. The number of hydrogen-bond donors (Lipinski definition) is 2. The zero-order valence-electron chi connectivity index (χ0n) is 14.9. The van der Waals surface area contributed by atoms with Gasteiger partial charge in [0.2, 0.25) is 0 Å². The maximum Gasteiger partial charge on any atom is 0.115 e. The molecule has 0 bridgehead atoms. The van der Waals surface area contributed by atoms with Crippen molar-refractivity contribution in [1.29, 1.82) is 0 Å². The van der Waals surface area contributed by atoms with Crippen LogP contribution in [-0.2, 0) is 10.8 Å². The van der Waals surface area contributed by atoms with E-state index in [-0.39, 0.29) is 16.6 Å². The summed E-state index contributed by atoms with van der Waals surface area (Å²) in [6.45, 7) is 11.1. The van der Waals surface area contributed by atoms with E-state index in [0.29, 0.717) is 5.75 Å². The predicted molar refractivity (Wildman–Crippen MR) is 96.3 cm³/mol. The summed E-state index contributed by atoms with van der Waals surface area (Å²) in [5.41, 5.74) is 3.41. The third-order valence-electron chi connectivity index (χ3n) is 5.48. The molecule has 2 heteroatoms. The van der Waals surface area contributed by atoms with E-state index in [9.17, 15) is 10.2 Å². The van der Waals surface area contributed by atoms with Crippen LogP contribution in [0, 0.1) is 0 Å². The molecule has 0 spiro atoms. The van der Waals surface area contributed by atoms with E-state index in [2.05, 4.69) is 34.6 Å². The molecule has 0 amide bonds. The largest absolute Gasteiger partial charge is 0.508 e. The highest BCUT2D eigenvalue weighted by atomic mass is 16.3. The van der Waals surface area contributed by atoms with Crippen LogP contribution in [0.2, 0.25) is 0 Å². The van der Waals surface area contributed by atoms with E-state index in [1.165, 1.54) is 11.1 Å². The van der Waals surface area contributed by atoms with Gasteiger partial charge < -0.3 is 10.2 Å². The minimum Gasteiger partial charge on any atom is -0.508 e. The molecule has 0 fully saturated rings. The monoisotopic (exact) mass is 312 g/mol. The molecule has 0 aliphatic heterocycles. The lowest BCUT2D eigenvalue weighted by molar-refractivity contribution is 0.419. The Morgan fingerprint density at radius 2 is 1.26 bits per heavy atom. The van der Waals surface area contributed by atoms with Crippen LogP contribution in [0.3, 0.4) is 0 Å². The average Bonchev–Trinajstić information content (AvgIpc) is 2.54. The van der Waals surface area contributed by atoms with Gasteiger partial charge in [0.15, 0.2) is 0 Å². The lowest BCUT2D eigenvalue weighted by Gasteiger charge is -2.36.